The lowest BCUT2D eigenvalue weighted by molar-refractivity contribution is 1.07. The number of hydrogen-bond acceptors (Lipinski definition) is 7. The van der Waals surface area contributed by atoms with Gasteiger partial charge in [0.05, 0.1) is 11.2 Å². The van der Waals surface area contributed by atoms with E-state index in [4.69, 9.17) is 34.9 Å². The Kier molecular flexibility index (Phi) is 9.37. The van der Waals surface area contributed by atoms with Crippen LogP contribution in [0.2, 0.25) is 0 Å². The maximum absolute atomic E-state index is 5.26. The molecule has 62 heavy (non-hydrogen) atoms. The third-order valence-electron chi connectivity index (χ3n) is 10.9. The zero-order valence-corrected chi connectivity index (χ0v) is 33.3. The van der Waals surface area contributed by atoms with Crippen LogP contribution in [0.3, 0.4) is 0 Å². The Labute approximate surface area is 358 Å². The van der Waals surface area contributed by atoms with Gasteiger partial charge in [-0.3, -0.25) is 0 Å². The third-order valence-corrected chi connectivity index (χ3v) is 10.9. The SMILES string of the molecule is c1ccc(-c2cc(-c3cc(-c4nc(-c5ccccc5)nc(-c5ccccc5)n4)cc(-c4nc(-c5ccccc5)nc(-c5ccccc5)n4)c3)c3c(ccc4ccccc43)n2)cc1. The summed E-state index contributed by atoms with van der Waals surface area (Å²) >= 11 is 0. The molecule has 0 amide bonds. The van der Waals surface area contributed by atoms with E-state index in [2.05, 4.69) is 72.8 Å². The fourth-order valence-corrected chi connectivity index (χ4v) is 7.91. The first-order chi connectivity index (χ1) is 30.7. The zero-order valence-electron chi connectivity index (χ0n) is 33.3. The largest absolute Gasteiger partial charge is 0.248 e. The second-order valence-corrected chi connectivity index (χ2v) is 15.0. The maximum Gasteiger partial charge on any atom is 0.164 e. The number of aromatic nitrogens is 7. The number of fused-ring (bicyclic) bond motifs is 3. The second-order valence-electron chi connectivity index (χ2n) is 15.0. The van der Waals surface area contributed by atoms with E-state index in [1.807, 2.05) is 140 Å². The normalized spacial score (nSPS) is 11.2. The van der Waals surface area contributed by atoms with Gasteiger partial charge in [0.2, 0.25) is 0 Å². The highest BCUT2D eigenvalue weighted by molar-refractivity contribution is 6.14. The summed E-state index contributed by atoms with van der Waals surface area (Å²) in [6, 6.07) is 71.8. The molecule has 11 aromatic rings. The molecule has 7 nitrogen and oxygen atoms in total. The molecule has 3 heterocycles. The van der Waals surface area contributed by atoms with Crippen molar-refractivity contribution in [3.05, 3.63) is 212 Å². The Morgan fingerprint density at radius 2 is 0.597 bits per heavy atom. The molecule has 0 bridgehead atoms. The monoisotopic (exact) mass is 793 g/mol. The van der Waals surface area contributed by atoms with Crippen molar-refractivity contribution in [1.29, 1.82) is 0 Å². The molecule has 11 rings (SSSR count). The third kappa shape index (κ3) is 7.14. The highest BCUT2D eigenvalue weighted by atomic mass is 15.0. The van der Waals surface area contributed by atoms with Crippen LogP contribution >= 0.6 is 0 Å². The Morgan fingerprint density at radius 3 is 1.03 bits per heavy atom. The average molecular weight is 794 g/mol. The highest BCUT2D eigenvalue weighted by Gasteiger charge is 2.20. The summed E-state index contributed by atoms with van der Waals surface area (Å²) in [6.07, 6.45) is 0. The summed E-state index contributed by atoms with van der Waals surface area (Å²) < 4.78 is 0. The summed E-state index contributed by atoms with van der Waals surface area (Å²) in [5.41, 5.74) is 9.85. The molecular weight excluding hydrogens is 759 g/mol. The van der Waals surface area contributed by atoms with Gasteiger partial charge in [0.1, 0.15) is 0 Å². The number of rotatable bonds is 8. The van der Waals surface area contributed by atoms with Gasteiger partial charge in [-0.1, -0.05) is 182 Å². The molecule has 0 atom stereocenters. The van der Waals surface area contributed by atoms with Crippen molar-refractivity contribution in [1.82, 2.24) is 34.9 Å². The first-order valence-electron chi connectivity index (χ1n) is 20.5. The van der Waals surface area contributed by atoms with Crippen LogP contribution in [0.5, 0.6) is 0 Å². The quantitative estimate of drug-likeness (QED) is 0.141. The topological polar surface area (TPSA) is 90.2 Å². The van der Waals surface area contributed by atoms with Gasteiger partial charge >= 0.3 is 0 Å². The van der Waals surface area contributed by atoms with Crippen LogP contribution in [-0.4, -0.2) is 34.9 Å². The van der Waals surface area contributed by atoms with E-state index in [9.17, 15) is 0 Å². The number of benzene rings is 8. The molecule has 0 fully saturated rings. The molecule has 0 saturated heterocycles. The van der Waals surface area contributed by atoms with Crippen LogP contribution < -0.4 is 0 Å². The maximum atomic E-state index is 5.26. The summed E-state index contributed by atoms with van der Waals surface area (Å²) in [5, 5.41) is 3.28. The summed E-state index contributed by atoms with van der Waals surface area (Å²) in [7, 11) is 0. The summed E-state index contributed by atoms with van der Waals surface area (Å²) in [6.45, 7) is 0. The van der Waals surface area contributed by atoms with Crippen LogP contribution in [-0.2, 0) is 0 Å². The number of pyridine rings is 1. The van der Waals surface area contributed by atoms with Crippen LogP contribution in [0, 0.1) is 0 Å². The minimum atomic E-state index is 0.521. The smallest absolute Gasteiger partial charge is 0.164 e. The van der Waals surface area contributed by atoms with E-state index < -0.39 is 0 Å². The minimum absolute atomic E-state index is 0.521. The van der Waals surface area contributed by atoms with Gasteiger partial charge in [-0.25, -0.2) is 34.9 Å². The Hall–Kier alpha value is -8.55. The molecule has 3 aromatic heterocycles. The van der Waals surface area contributed by atoms with Gasteiger partial charge in [-0.15, -0.1) is 0 Å². The zero-order chi connectivity index (χ0) is 41.2. The molecule has 0 saturated carbocycles. The lowest BCUT2D eigenvalue weighted by Gasteiger charge is -2.16. The summed E-state index contributed by atoms with van der Waals surface area (Å²) in [4.78, 5) is 36.0. The van der Waals surface area contributed by atoms with Gasteiger partial charge in [-0.2, -0.15) is 0 Å². The first kappa shape index (κ1) is 36.5. The van der Waals surface area contributed by atoms with E-state index in [-0.39, 0.29) is 0 Å². The standard InChI is InChI=1S/C55H35N7/c1-6-19-37(20-7-1)48-35-46(49-45-29-17-16-18-36(45)30-31-47(49)56-48)42-32-43(54-59-50(38-21-8-2-9-22-38)57-51(60-54)39-23-10-3-11-24-39)34-44(33-42)55-61-52(40-25-12-4-13-26-40)58-53(62-55)41-27-14-5-15-28-41/h1-35H. The predicted molar refractivity (Wildman–Crippen MR) is 250 cm³/mol. The van der Waals surface area contributed by atoms with Crippen LogP contribution in [0.4, 0.5) is 0 Å². The van der Waals surface area contributed by atoms with Crippen molar-refractivity contribution >= 4 is 21.7 Å². The molecule has 0 N–H and O–H groups in total. The van der Waals surface area contributed by atoms with Crippen molar-refractivity contribution in [3.8, 4) is 90.7 Å². The molecule has 0 radical (unpaired) electrons. The lowest BCUT2D eigenvalue weighted by Crippen LogP contribution is -2.02. The van der Waals surface area contributed by atoms with E-state index >= 15 is 0 Å². The molecule has 0 aliphatic rings. The van der Waals surface area contributed by atoms with Gasteiger partial charge in [0, 0.05) is 44.3 Å². The predicted octanol–water partition coefficient (Wildman–Crippen LogP) is 13.1. The van der Waals surface area contributed by atoms with Crippen LogP contribution in [0.15, 0.2) is 212 Å². The first-order valence-corrected chi connectivity index (χ1v) is 20.5. The Morgan fingerprint density at radius 1 is 0.242 bits per heavy atom. The molecule has 0 spiro atoms. The van der Waals surface area contributed by atoms with Gasteiger partial charge in [0.15, 0.2) is 34.9 Å². The van der Waals surface area contributed by atoms with E-state index in [0.29, 0.717) is 34.9 Å². The minimum Gasteiger partial charge on any atom is -0.248 e. The van der Waals surface area contributed by atoms with Crippen molar-refractivity contribution in [2.24, 2.45) is 0 Å². The summed E-state index contributed by atoms with van der Waals surface area (Å²) in [5.74, 6) is 3.34. The molecule has 0 aliphatic heterocycles. The molecule has 0 unspecified atom stereocenters. The second kappa shape index (κ2) is 15.9. The van der Waals surface area contributed by atoms with Crippen molar-refractivity contribution in [2.75, 3.05) is 0 Å². The highest BCUT2D eigenvalue weighted by Crippen LogP contribution is 2.40. The fraction of sp³-hybridized carbons (Fsp3) is 0. The molecule has 8 aromatic carbocycles. The van der Waals surface area contributed by atoms with E-state index in [1.165, 1.54) is 0 Å². The van der Waals surface area contributed by atoms with Crippen molar-refractivity contribution < 1.29 is 0 Å². The van der Waals surface area contributed by atoms with Gasteiger partial charge in [-0.05, 0) is 52.2 Å². The van der Waals surface area contributed by atoms with E-state index in [1.54, 1.807) is 0 Å². The van der Waals surface area contributed by atoms with E-state index in [0.717, 1.165) is 77.4 Å². The van der Waals surface area contributed by atoms with Crippen LogP contribution in [0.1, 0.15) is 0 Å². The Balaban J connectivity index is 1.23. The Bertz CT molecular complexity index is 3120. The van der Waals surface area contributed by atoms with Gasteiger partial charge < -0.3 is 0 Å². The molecular formula is C55H35N7. The number of hydrogen-bond donors (Lipinski definition) is 0. The van der Waals surface area contributed by atoms with Gasteiger partial charge in [0.25, 0.3) is 0 Å². The molecule has 0 aliphatic carbocycles. The molecule has 290 valence electrons. The number of nitrogens with zero attached hydrogens (tertiary/aromatic N) is 7. The van der Waals surface area contributed by atoms with Crippen LogP contribution in [0.25, 0.3) is 112 Å². The fourth-order valence-electron chi connectivity index (χ4n) is 7.91. The lowest BCUT2D eigenvalue weighted by atomic mass is 9.92. The molecule has 7 heteroatoms. The van der Waals surface area contributed by atoms with Crippen molar-refractivity contribution in [3.63, 3.8) is 0 Å². The average Bonchev–Trinajstić information content (AvgIpc) is 3.37. The van der Waals surface area contributed by atoms with Crippen molar-refractivity contribution in [2.45, 2.75) is 0 Å².